The fraction of sp³-hybridized carbons (Fsp3) is 0.500. The highest BCUT2D eigenvalue weighted by molar-refractivity contribution is 9.11. The minimum absolute atomic E-state index is 0.568. The maximum absolute atomic E-state index is 13.3. The molecule has 1 unspecified atom stereocenters. The molecular weight excluding hydrogens is 337 g/mol. The summed E-state index contributed by atoms with van der Waals surface area (Å²) in [6.07, 6.45) is 1.03. The van der Waals surface area contributed by atoms with Crippen molar-refractivity contribution in [2.24, 2.45) is 0 Å². The number of hydrogen-bond donors (Lipinski definition) is 0. The molecule has 1 saturated heterocycles. The first-order chi connectivity index (χ1) is 7.65. The molecular formula is C12H14Br2FN. The lowest BCUT2D eigenvalue weighted by atomic mass is 10.1. The average molecular weight is 351 g/mol. The Kier molecular flexibility index (Phi) is 4.39. The number of piperidine rings is 1. The Morgan fingerprint density at radius 3 is 2.94 bits per heavy atom. The lowest BCUT2D eigenvalue weighted by molar-refractivity contribution is 0.132. The molecule has 0 spiro atoms. The quantitative estimate of drug-likeness (QED) is 0.774. The third-order valence-electron chi connectivity index (χ3n) is 2.85. The normalized spacial score (nSPS) is 22.3. The van der Waals surface area contributed by atoms with Crippen molar-refractivity contribution in [1.82, 2.24) is 4.90 Å². The van der Waals surface area contributed by atoms with E-state index in [0.29, 0.717) is 6.54 Å². The van der Waals surface area contributed by atoms with Crippen LogP contribution in [0.3, 0.4) is 0 Å². The van der Waals surface area contributed by atoms with Crippen LogP contribution in [0.15, 0.2) is 27.1 Å². The van der Waals surface area contributed by atoms with Crippen molar-refractivity contribution < 1.29 is 4.39 Å². The van der Waals surface area contributed by atoms with Gasteiger partial charge < -0.3 is 0 Å². The Morgan fingerprint density at radius 2 is 2.19 bits per heavy atom. The van der Waals surface area contributed by atoms with E-state index in [4.69, 9.17) is 0 Å². The van der Waals surface area contributed by atoms with Crippen LogP contribution in [0.1, 0.15) is 18.4 Å². The van der Waals surface area contributed by atoms with E-state index in [-0.39, 0.29) is 0 Å². The van der Waals surface area contributed by atoms with Gasteiger partial charge in [0, 0.05) is 22.0 Å². The van der Waals surface area contributed by atoms with Gasteiger partial charge in [-0.2, -0.15) is 0 Å². The van der Waals surface area contributed by atoms with Gasteiger partial charge in [-0.25, -0.2) is 4.39 Å². The summed E-state index contributed by atoms with van der Waals surface area (Å²) in [5, 5.41) is 0. The summed E-state index contributed by atoms with van der Waals surface area (Å²) in [6, 6.07) is 6.12. The molecule has 1 nitrogen and oxygen atoms in total. The number of alkyl halides is 1. The zero-order valence-corrected chi connectivity index (χ0v) is 12.1. The summed E-state index contributed by atoms with van der Waals surface area (Å²) in [5.74, 6) is 0. The van der Waals surface area contributed by atoms with Crippen molar-refractivity contribution in [3.63, 3.8) is 0 Å². The van der Waals surface area contributed by atoms with Crippen LogP contribution in [0.25, 0.3) is 0 Å². The molecule has 0 aromatic heterocycles. The van der Waals surface area contributed by atoms with Crippen molar-refractivity contribution >= 4 is 31.9 Å². The molecule has 1 aliphatic rings. The van der Waals surface area contributed by atoms with Gasteiger partial charge >= 0.3 is 0 Å². The molecule has 4 heteroatoms. The molecule has 1 heterocycles. The van der Waals surface area contributed by atoms with E-state index in [0.717, 1.165) is 34.9 Å². The second-order valence-electron chi connectivity index (χ2n) is 4.21. The van der Waals surface area contributed by atoms with Gasteiger partial charge in [0.1, 0.15) is 6.17 Å². The molecule has 1 aliphatic heterocycles. The van der Waals surface area contributed by atoms with Crippen LogP contribution < -0.4 is 0 Å². The van der Waals surface area contributed by atoms with E-state index in [1.165, 1.54) is 5.56 Å². The van der Waals surface area contributed by atoms with Crippen molar-refractivity contribution in [3.05, 3.63) is 32.7 Å². The van der Waals surface area contributed by atoms with E-state index >= 15 is 0 Å². The molecule has 16 heavy (non-hydrogen) atoms. The first kappa shape index (κ1) is 12.5. The Morgan fingerprint density at radius 1 is 1.38 bits per heavy atom. The first-order valence-electron chi connectivity index (χ1n) is 5.45. The van der Waals surface area contributed by atoms with E-state index in [2.05, 4.69) is 42.8 Å². The zero-order valence-electron chi connectivity index (χ0n) is 8.93. The van der Waals surface area contributed by atoms with Gasteiger partial charge in [-0.1, -0.05) is 31.9 Å². The van der Waals surface area contributed by atoms with Crippen LogP contribution in [0.4, 0.5) is 4.39 Å². The molecule has 0 saturated carbocycles. The maximum Gasteiger partial charge on any atom is 0.113 e. The number of hydrogen-bond acceptors (Lipinski definition) is 1. The monoisotopic (exact) mass is 349 g/mol. The minimum atomic E-state index is -0.653. The molecule has 1 aromatic carbocycles. The zero-order chi connectivity index (χ0) is 11.5. The Labute approximate surface area is 112 Å². The second-order valence-corrected chi connectivity index (χ2v) is 5.98. The smallest absolute Gasteiger partial charge is 0.113 e. The van der Waals surface area contributed by atoms with E-state index < -0.39 is 6.17 Å². The molecule has 1 atom stereocenters. The highest BCUT2D eigenvalue weighted by Gasteiger charge is 2.19. The summed E-state index contributed by atoms with van der Waals surface area (Å²) in [4.78, 5) is 2.18. The minimum Gasteiger partial charge on any atom is -0.296 e. The molecule has 1 aromatic rings. The van der Waals surface area contributed by atoms with Gasteiger partial charge in [-0.3, -0.25) is 4.90 Å². The molecule has 2 rings (SSSR count). The number of rotatable bonds is 2. The van der Waals surface area contributed by atoms with Gasteiger partial charge in [0.2, 0.25) is 0 Å². The van der Waals surface area contributed by atoms with Gasteiger partial charge in [-0.15, -0.1) is 0 Å². The molecule has 0 N–H and O–H groups in total. The lowest BCUT2D eigenvalue weighted by Crippen LogP contribution is -2.35. The summed E-state index contributed by atoms with van der Waals surface area (Å²) in [5.41, 5.74) is 1.21. The van der Waals surface area contributed by atoms with Crippen LogP contribution in [-0.2, 0) is 6.54 Å². The Hall–Kier alpha value is 0.0700. The predicted octanol–water partition coefficient (Wildman–Crippen LogP) is 4.15. The van der Waals surface area contributed by atoms with Crippen LogP contribution in [0.5, 0.6) is 0 Å². The summed E-state index contributed by atoms with van der Waals surface area (Å²) < 4.78 is 15.4. The summed E-state index contributed by atoms with van der Waals surface area (Å²) in [7, 11) is 0. The highest BCUT2D eigenvalue weighted by atomic mass is 79.9. The van der Waals surface area contributed by atoms with Gasteiger partial charge in [-0.05, 0) is 43.1 Å². The number of benzene rings is 1. The molecule has 1 fully saturated rings. The molecule has 0 radical (unpaired) electrons. The lowest BCUT2D eigenvalue weighted by Gasteiger charge is -2.29. The van der Waals surface area contributed by atoms with Gasteiger partial charge in [0.05, 0.1) is 0 Å². The summed E-state index contributed by atoms with van der Waals surface area (Å²) in [6.45, 7) is 2.39. The fourth-order valence-electron chi connectivity index (χ4n) is 2.05. The fourth-order valence-corrected chi connectivity index (χ4v) is 2.83. The third kappa shape index (κ3) is 3.28. The third-order valence-corrected chi connectivity index (χ3v) is 4.12. The Balaban J connectivity index is 2.05. The highest BCUT2D eigenvalue weighted by Crippen LogP contribution is 2.24. The van der Waals surface area contributed by atoms with Crippen LogP contribution >= 0.6 is 31.9 Å². The molecule has 0 amide bonds. The standard InChI is InChI=1S/C12H14Br2FN/c13-10-3-4-12(14)9(6-10)7-16-5-1-2-11(15)8-16/h3-4,6,11H,1-2,5,7-8H2. The topological polar surface area (TPSA) is 3.24 Å². The van der Waals surface area contributed by atoms with Gasteiger partial charge in [0.25, 0.3) is 0 Å². The number of halogens is 3. The first-order valence-corrected chi connectivity index (χ1v) is 7.04. The van der Waals surface area contributed by atoms with E-state index in [1.54, 1.807) is 0 Å². The van der Waals surface area contributed by atoms with Crippen molar-refractivity contribution in [1.29, 1.82) is 0 Å². The number of likely N-dealkylation sites (tertiary alicyclic amines) is 1. The molecule has 0 bridgehead atoms. The second kappa shape index (κ2) is 5.61. The van der Waals surface area contributed by atoms with E-state index in [9.17, 15) is 4.39 Å². The van der Waals surface area contributed by atoms with Crippen molar-refractivity contribution in [2.45, 2.75) is 25.6 Å². The van der Waals surface area contributed by atoms with Gasteiger partial charge in [0.15, 0.2) is 0 Å². The van der Waals surface area contributed by atoms with Crippen molar-refractivity contribution in [2.75, 3.05) is 13.1 Å². The van der Waals surface area contributed by atoms with Crippen molar-refractivity contribution in [3.8, 4) is 0 Å². The summed E-state index contributed by atoms with van der Waals surface area (Å²) >= 11 is 6.99. The van der Waals surface area contributed by atoms with Crippen LogP contribution in [0.2, 0.25) is 0 Å². The van der Waals surface area contributed by atoms with Crippen LogP contribution in [0, 0.1) is 0 Å². The Bertz CT molecular complexity index is 370. The number of nitrogens with zero attached hydrogens (tertiary/aromatic N) is 1. The molecule has 88 valence electrons. The maximum atomic E-state index is 13.3. The van der Waals surface area contributed by atoms with E-state index in [1.807, 2.05) is 12.1 Å². The molecule has 0 aliphatic carbocycles. The van der Waals surface area contributed by atoms with Crippen LogP contribution in [-0.4, -0.2) is 24.2 Å². The largest absolute Gasteiger partial charge is 0.296 e. The SMILES string of the molecule is FC1CCCN(Cc2cc(Br)ccc2Br)C1. The average Bonchev–Trinajstić information content (AvgIpc) is 2.24. The predicted molar refractivity (Wildman–Crippen MR) is 71.2 cm³/mol.